The Kier molecular flexibility index (Phi) is 4.12. The molecule has 0 aliphatic carbocycles. The Morgan fingerprint density at radius 1 is 1.24 bits per heavy atom. The van der Waals surface area contributed by atoms with Crippen LogP contribution in [-0.4, -0.2) is 55.5 Å². The highest BCUT2D eigenvalue weighted by Crippen LogP contribution is 2.28. The number of hydrogen-bond acceptors (Lipinski definition) is 5. The van der Waals surface area contributed by atoms with Crippen LogP contribution < -0.4 is 5.32 Å². The van der Waals surface area contributed by atoms with Gasteiger partial charge in [-0.25, -0.2) is 0 Å². The Balaban J connectivity index is 1.48. The second kappa shape index (κ2) is 6.44. The fourth-order valence-electron chi connectivity index (χ4n) is 3.51. The van der Waals surface area contributed by atoms with Crippen molar-refractivity contribution in [3.8, 4) is 11.4 Å². The number of benzene rings is 1. The minimum Gasteiger partial charge on any atom is -0.354 e. The van der Waals surface area contributed by atoms with Gasteiger partial charge < -0.3 is 10.2 Å². The van der Waals surface area contributed by atoms with Crippen molar-refractivity contribution in [3.63, 3.8) is 0 Å². The summed E-state index contributed by atoms with van der Waals surface area (Å²) in [7, 11) is 0. The summed E-state index contributed by atoms with van der Waals surface area (Å²) < 4.78 is 0. The van der Waals surface area contributed by atoms with Gasteiger partial charge in [0.25, 0.3) is 0 Å². The zero-order chi connectivity index (χ0) is 17.4. The molecule has 2 aliphatic rings. The van der Waals surface area contributed by atoms with Crippen molar-refractivity contribution in [3.05, 3.63) is 29.3 Å². The van der Waals surface area contributed by atoms with Crippen LogP contribution in [0.5, 0.6) is 0 Å². The van der Waals surface area contributed by atoms with Crippen LogP contribution in [0.1, 0.15) is 19.3 Å². The highest BCUT2D eigenvalue weighted by Gasteiger charge is 2.40. The molecule has 2 unspecified atom stereocenters. The highest BCUT2D eigenvalue weighted by atomic mass is 35.5. The van der Waals surface area contributed by atoms with Crippen molar-refractivity contribution in [2.45, 2.75) is 37.9 Å². The van der Waals surface area contributed by atoms with E-state index in [0.29, 0.717) is 23.8 Å². The predicted molar refractivity (Wildman–Crippen MR) is 89.5 cm³/mol. The number of halogens is 1. The molecule has 130 valence electrons. The molecular weight excluding hydrogens is 344 g/mol. The average molecular weight is 361 g/mol. The molecular formula is C16H17ClN6O2. The Hall–Kier alpha value is -2.48. The number of fused-ring (bicyclic) bond motifs is 2. The lowest BCUT2D eigenvalue weighted by Gasteiger charge is -2.26. The molecule has 4 rings (SSSR count). The largest absolute Gasteiger partial charge is 0.354 e. The van der Waals surface area contributed by atoms with Crippen LogP contribution in [0.25, 0.3) is 11.4 Å². The smallest absolute Gasteiger partial charge is 0.246 e. The molecule has 0 radical (unpaired) electrons. The molecule has 2 fully saturated rings. The van der Waals surface area contributed by atoms with E-state index >= 15 is 0 Å². The second-order valence-corrected chi connectivity index (χ2v) is 6.78. The van der Waals surface area contributed by atoms with Crippen molar-refractivity contribution in [1.29, 1.82) is 0 Å². The van der Waals surface area contributed by atoms with E-state index in [0.717, 1.165) is 18.4 Å². The zero-order valence-electron chi connectivity index (χ0n) is 13.4. The van der Waals surface area contributed by atoms with E-state index in [1.165, 1.54) is 4.80 Å². The summed E-state index contributed by atoms with van der Waals surface area (Å²) in [6, 6.07) is 7.14. The van der Waals surface area contributed by atoms with Crippen LogP contribution in [0.4, 0.5) is 0 Å². The van der Waals surface area contributed by atoms with Crippen LogP contribution >= 0.6 is 11.6 Å². The van der Waals surface area contributed by atoms with E-state index in [-0.39, 0.29) is 30.4 Å². The number of nitrogens with zero attached hydrogens (tertiary/aromatic N) is 5. The minimum absolute atomic E-state index is 0.00825. The molecule has 9 heteroatoms. The lowest BCUT2D eigenvalue weighted by Crippen LogP contribution is -2.44. The maximum absolute atomic E-state index is 12.7. The van der Waals surface area contributed by atoms with Crippen molar-refractivity contribution >= 4 is 23.4 Å². The predicted octanol–water partition coefficient (Wildman–Crippen LogP) is 0.873. The van der Waals surface area contributed by atoms with E-state index in [1.54, 1.807) is 24.3 Å². The SMILES string of the molecule is O=C1CC2CCC(CN1)N2C(=O)Cn1nnc(-c2ccc(Cl)cc2)n1. The highest BCUT2D eigenvalue weighted by molar-refractivity contribution is 6.30. The number of carbonyl (C=O) groups excluding carboxylic acids is 2. The number of tetrazole rings is 1. The number of aromatic nitrogens is 4. The molecule has 3 heterocycles. The number of carbonyl (C=O) groups is 2. The summed E-state index contributed by atoms with van der Waals surface area (Å²) in [6.45, 7) is 0.531. The molecule has 2 saturated heterocycles. The van der Waals surface area contributed by atoms with Gasteiger partial charge in [-0.1, -0.05) is 11.6 Å². The van der Waals surface area contributed by atoms with E-state index in [9.17, 15) is 9.59 Å². The van der Waals surface area contributed by atoms with Gasteiger partial charge in [0.2, 0.25) is 17.6 Å². The Bertz CT molecular complexity index is 805. The molecule has 1 aromatic carbocycles. The standard InChI is InChI=1S/C16H17ClN6O2/c17-11-3-1-10(2-4-11)16-19-21-22(20-16)9-15(25)23-12-5-6-13(23)8-18-14(24)7-12/h1-4,12-13H,5-9H2,(H,18,24). The minimum atomic E-state index is -0.0796. The molecule has 2 bridgehead atoms. The van der Waals surface area contributed by atoms with Gasteiger partial charge in [-0.3, -0.25) is 9.59 Å². The third-order valence-corrected chi connectivity index (χ3v) is 4.95. The maximum Gasteiger partial charge on any atom is 0.246 e. The zero-order valence-corrected chi connectivity index (χ0v) is 14.2. The van der Waals surface area contributed by atoms with Crippen LogP contribution in [0, 0.1) is 0 Å². The third kappa shape index (κ3) is 3.21. The molecule has 1 N–H and O–H groups in total. The topological polar surface area (TPSA) is 93.0 Å². The Morgan fingerprint density at radius 3 is 2.80 bits per heavy atom. The Morgan fingerprint density at radius 2 is 2.00 bits per heavy atom. The fraction of sp³-hybridized carbons (Fsp3) is 0.438. The van der Waals surface area contributed by atoms with E-state index in [1.807, 2.05) is 4.90 Å². The van der Waals surface area contributed by atoms with Crippen LogP contribution in [0.3, 0.4) is 0 Å². The molecule has 2 amide bonds. The molecule has 8 nitrogen and oxygen atoms in total. The van der Waals surface area contributed by atoms with Crippen molar-refractivity contribution in [2.75, 3.05) is 6.54 Å². The molecule has 2 aromatic rings. The van der Waals surface area contributed by atoms with Crippen LogP contribution in [0.2, 0.25) is 5.02 Å². The quantitative estimate of drug-likeness (QED) is 0.876. The first kappa shape index (κ1) is 16.0. The van der Waals surface area contributed by atoms with Gasteiger partial charge in [-0.2, -0.15) is 4.80 Å². The van der Waals surface area contributed by atoms with Gasteiger partial charge in [0.05, 0.1) is 0 Å². The first-order valence-corrected chi connectivity index (χ1v) is 8.59. The summed E-state index contributed by atoms with van der Waals surface area (Å²) >= 11 is 5.88. The van der Waals surface area contributed by atoms with E-state index in [4.69, 9.17) is 11.6 Å². The number of amides is 2. The summed E-state index contributed by atoms with van der Waals surface area (Å²) in [5, 5.41) is 15.7. The monoisotopic (exact) mass is 360 g/mol. The van der Waals surface area contributed by atoms with E-state index in [2.05, 4.69) is 20.7 Å². The van der Waals surface area contributed by atoms with Gasteiger partial charge in [0.1, 0.15) is 6.54 Å². The molecule has 0 spiro atoms. The number of hydrogen-bond donors (Lipinski definition) is 1. The molecule has 0 saturated carbocycles. The average Bonchev–Trinajstić information content (AvgIpc) is 3.16. The van der Waals surface area contributed by atoms with Gasteiger partial charge in [0, 0.05) is 35.6 Å². The van der Waals surface area contributed by atoms with Gasteiger partial charge in [-0.05, 0) is 42.3 Å². The first-order chi connectivity index (χ1) is 12.1. The summed E-state index contributed by atoms with van der Waals surface area (Å²) in [6.07, 6.45) is 2.14. The maximum atomic E-state index is 12.7. The van der Waals surface area contributed by atoms with Crippen molar-refractivity contribution in [1.82, 2.24) is 30.4 Å². The normalized spacial score (nSPS) is 22.6. The van der Waals surface area contributed by atoms with E-state index < -0.39 is 0 Å². The second-order valence-electron chi connectivity index (χ2n) is 6.34. The lowest BCUT2D eigenvalue weighted by molar-refractivity contribution is -0.135. The molecule has 25 heavy (non-hydrogen) atoms. The van der Waals surface area contributed by atoms with Crippen molar-refractivity contribution < 1.29 is 9.59 Å². The van der Waals surface area contributed by atoms with Crippen molar-refractivity contribution in [2.24, 2.45) is 0 Å². The summed E-state index contributed by atoms with van der Waals surface area (Å²) in [5.41, 5.74) is 0.785. The lowest BCUT2D eigenvalue weighted by atomic mass is 10.1. The fourth-order valence-corrected chi connectivity index (χ4v) is 3.64. The summed E-state index contributed by atoms with van der Waals surface area (Å²) in [5.74, 6) is 0.373. The van der Waals surface area contributed by atoms with Gasteiger partial charge in [-0.15, -0.1) is 10.2 Å². The van der Waals surface area contributed by atoms with Gasteiger partial charge in [0.15, 0.2) is 0 Å². The molecule has 1 aromatic heterocycles. The number of rotatable bonds is 3. The molecule has 2 atom stereocenters. The number of nitrogens with one attached hydrogen (secondary N) is 1. The Labute approximate surface area is 149 Å². The van der Waals surface area contributed by atoms with Gasteiger partial charge >= 0.3 is 0 Å². The third-order valence-electron chi connectivity index (χ3n) is 4.70. The summed E-state index contributed by atoms with van der Waals surface area (Å²) in [4.78, 5) is 27.5. The van der Waals surface area contributed by atoms with Crippen LogP contribution in [-0.2, 0) is 16.1 Å². The molecule has 2 aliphatic heterocycles. The van der Waals surface area contributed by atoms with Crippen LogP contribution in [0.15, 0.2) is 24.3 Å². The first-order valence-electron chi connectivity index (χ1n) is 8.22.